The van der Waals surface area contributed by atoms with Crippen LogP contribution in [0.2, 0.25) is 0 Å². The average molecular weight is 378 g/mol. The van der Waals surface area contributed by atoms with Crippen LogP contribution in [0.5, 0.6) is 0 Å². The van der Waals surface area contributed by atoms with Crippen molar-refractivity contribution >= 4 is 17.7 Å². The number of alkyl halides is 2. The summed E-state index contributed by atoms with van der Waals surface area (Å²) in [4.78, 5) is 23.9. The minimum atomic E-state index is -2.87. The van der Waals surface area contributed by atoms with Crippen molar-refractivity contribution in [3.8, 4) is 0 Å². The summed E-state index contributed by atoms with van der Waals surface area (Å²) < 4.78 is 28.8. The van der Waals surface area contributed by atoms with Crippen molar-refractivity contribution in [2.75, 3.05) is 29.4 Å². The zero-order chi connectivity index (χ0) is 19.0. The van der Waals surface area contributed by atoms with E-state index in [0.29, 0.717) is 23.8 Å². The molecule has 6 nitrogen and oxygen atoms in total. The van der Waals surface area contributed by atoms with Crippen molar-refractivity contribution in [1.29, 1.82) is 0 Å². The first-order chi connectivity index (χ1) is 12.8. The number of hydrogen-bond acceptors (Lipinski definition) is 5. The van der Waals surface area contributed by atoms with Crippen molar-refractivity contribution in [3.63, 3.8) is 0 Å². The standard InChI is InChI=1S/C19H24F2N4O2/c1-11-3-5-25(11)17-22-15-13(2-4-19(15,20)21)16(23-17)24-9-18(10-24)7-12(8-18)6-14(26)27/h11-12H,2-10H2,1H3,(H,26,27)/t11-/m0/s1. The van der Waals surface area contributed by atoms with Crippen LogP contribution < -0.4 is 9.80 Å². The fourth-order valence-corrected chi connectivity index (χ4v) is 5.32. The molecule has 5 rings (SSSR count). The van der Waals surface area contributed by atoms with E-state index < -0.39 is 11.9 Å². The van der Waals surface area contributed by atoms with Crippen molar-refractivity contribution < 1.29 is 18.7 Å². The highest BCUT2D eigenvalue weighted by Crippen LogP contribution is 2.55. The summed E-state index contributed by atoms with van der Waals surface area (Å²) in [5.74, 6) is -2.25. The van der Waals surface area contributed by atoms with Crippen LogP contribution in [-0.2, 0) is 17.1 Å². The lowest BCUT2D eigenvalue weighted by atomic mass is 9.57. The van der Waals surface area contributed by atoms with Crippen molar-refractivity contribution in [2.24, 2.45) is 11.3 Å². The maximum absolute atomic E-state index is 14.4. The molecule has 1 aromatic rings. The fraction of sp³-hybridized carbons (Fsp3) is 0.737. The second-order valence-electron chi connectivity index (χ2n) is 8.94. The van der Waals surface area contributed by atoms with Gasteiger partial charge in [-0.1, -0.05) is 0 Å². The summed E-state index contributed by atoms with van der Waals surface area (Å²) >= 11 is 0. The maximum atomic E-state index is 14.4. The molecule has 146 valence electrons. The normalized spacial score (nSPS) is 27.7. The van der Waals surface area contributed by atoms with E-state index in [9.17, 15) is 13.6 Å². The molecule has 0 aromatic carbocycles. The summed E-state index contributed by atoms with van der Waals surface area (Å²) in [5, 5.41) is 8.92. The maximum Gasteiger partial charge on any atom is 0.303 e. The molecule has 1 N–H and O–H groups in total. The van der Waals surface area contributed by atoms with Crippen molar-refractivity contribution in [2.45, 2.75) is 57.4 Å². The number of aliphatic carboxylic acids is 1. The van der Waals surface area contributed by atoms with Gasteiger partial charge in [-0.3, -0.25) is 4.79 Å². The molecule has 0 bridgehead atoms. The molecule has 3 heterocycles. The van der Waals surface area contributed by atoms with Gasteiger partial charge in [-0.05, 0) is 38.5 Å². The molecule has 2 aliphatic carbocycles. The van der Waals surface area contributed by atoms with Crippen LogP contribution in [0, 0.1) is 11.3 Å². The molecular weight excluding hydrogens is 354 g/mol. The Morgan fingerprint density at radius 3 is 2.63 bits per heavy atom. The van der Waals surface area contributed by atoms with Crippen LogP contribution >= 0.6 is 0 Å². The third-order valence-corrected chi connectivity index (χ3v) is 6.84. The summed E-state index contributed by atoms with van der Waals surface area (Å²) in [6.07, 6.45) is 3.21. The van der Waals surface area contributed by atoms with E-state index >= 15 is 0 Å². The smallest absolute Gasteiger partial charge is 0.303 e. The molecule has 0 radical (unpaired) electrons. The van der Waals surface area contributed by atoms with E-state index in [0.717, 1.165) is 38.9 Å². The number of hydrogen-bond donors (Lipinski definition) is 1. The van der Waals surface area contributed by atoms with Crippen LogP contribution in [0.25, 0.3) is 0 Å². The summed E-state index contributed by atoms with van der Waals surface area (Å²) in [5.41, 5.74) is 0.677. The molecule has 0 amide bonds. The van der Waals surface area contributed by atoms with Crippen LogP contribution in [0.4, 0.5) is 20.5 Å². The summed E-state index contributed by atoms with van der Waals surface area (Å²) in [7, 11) is 0. The van der Waals surface area contributed by atoms with Gasteiger partial charge < -0.3 is 14.9 Å². The Morgan fingerprint density at radius 2 is 2.04 bits per heavy atom. The van der Waals surface area contributed by atoms with Crippen LogP contribution in [0.3, 0.4) is 0 Å². The second-order valence-corrected chi connectivity index (χ2v) is 8.94. The molecule has 8 heteroatoms. The number of carboxylic acids is 1. The first-order valence-corrected chi connectivity index (χ1v) is 9.79. The quantitative estimate of drug-likeness (QED) is 0.869. The number of nitrogens with zero attached hydrogens (tertiary/aromatic N) is 4. The van der Waals surface area contributed by atoms with Crippen molar-refractivity contribution in [3.05, 3.63) is 11.3 Å². The minimum Gasteiger partial charge on any atom is -0.481 e. The highest BCUT2D eigenvalue weighted by molar-refractivity contribution is 5.67. The Hall–Kier alpha value is -1.99. The molecule has 1 aromatic heterocycles. The molecule has 2 aliphatic heterocycles. The number of rotatable bonds is 4. The highest BCUT2D eigenvalue weighted by atomic mass is 19.3. The van der Waals surface area contributed by atoms with Gasteiger partial charge in [-0.15, -0.1) is 0 Å². The number of anilines is 2. The second kappa shape index (κ2) is 5.52. The van der Waals surface area contributed by atoms with E-state index in [-0.39, 0.29) is 35.9 Å². The number of halogens is 2. The van der Waals surface area contributed by atoms with E-state index in [1.54, 1.807) is 0 Å². The SMILES string of the molecule is C[C@H]1CCN1c1nc(N2CC3(CC(CC(=O)O)C3)C2)c2c(n1)C(F)(F)CC2. The molecular formula is C19H24F2N4O2. The Balaban J connectivity index is 1.38. The molecule has 1 spiro atoms. The highest BCUT2D eigenvalue weighted by Gasteiger charge is 2.54. The minimum absolute atomic E-state index is 0.0834. The Labute approximate surface area is 156 Å². The summed E-state index contributed by atoms with van der Waals surface area (Å²) in [6, 6.07) is 0.289. The molecule has 1 saturated carbocycles. The first kappa shape index (κ1) is 17.1. The Morgan fingerprint density at radius 1 is 1.30 bits per heavy atom. The largest absolute Gasteiger partial charge is 0.481 e. The summed E-state index contributed by atoms with van der Waals surface area (Å²) in [6.45, 7) is 4.44. The molecule has 3 fully saturated rings. The van der Waals surface area contributed by atoms with Gasteiger partial charge in [-0.2, -0.15) is 13.8 Å². The third kappa shape index (κ3) is 2.59. The molecule has 2 saturated heterocycles. The predicted molar refractivity (Wildman–Crippen MR) is 95.3 cm³/mol. The lowest BCUT2D eigenvalue weighted by Gasteiger charge is -2.59. The predicted octanol–water partition coefficient (Wildman–Crippen LogP) is 2.80. The van der Waals surface area contributed by atoms with Crippen molar-refractivity contribution in [1.82, 2.24) is 9.97 Å². The van der Waals surface area contributed by atoms with E-state index in [4.69, 9.17) is 10.1 Å². The van der Waals surface area contributed by atoms with Gasteiger partial charge in [0.1, 0.15) is 11.5 Å². The average Bonchev–Trinajstić information content (AvgIpc) is 2.82. The third-order valence-electron chi connectivity index (χ3n) is 6.84. The van der Waals surface area contributed by atoms with E-state index in [1.165, 1.54) is 0 Å². The topological polar surface area (TPSA) is 69.6 Å². The lowest BCUT2D eigenvalue weighted by Crippen LogP contribution is -2.63. The van der Waals surface area contributed by atoms with Crippen LogP contribution in [-0.4, -0.2) is 46.7 Å². The van der Waals surface area contributed by atoms with Gasteiger partial charge in [-0.25, -0.2) is 4.98 Å². The Bertz CT molecular complexity index is 801. The number of carbonyl (C=O) groups is 1. The van der Waals surface area contributed by atoms with Crippen LogP contribution in [0.15, 0.2) is 0 Å². The van der Waals surface area contributed by atoms with Gasteiger partial charge in [0.25, 0.3) is 5.92 Å². The fourth-order valence-electron chi connectivity index (χ4n) is 5.32. The van der Waals surface area contributed by atoms with Crippen LogP contribution in [0.1, 0.15) is 50.3 Å². The van der Waals surface area contributed by atoms with E-state index in [2.05, 4.69) is 16.8 Å². The molecule has 4 aliphatic rings. The first-order valence-electron chi connectivity index (χ1n) is 9.79. The Kier molecular flexibility index (Phi) is 3.50. The molecule has 1 atom stereocenters. The van der Waals surface area contributed by atoms with Gasteiger partial charge in [0, 0.05) is 49.5 Å². The molecule has 27 heavy (non-hydrogen) atoms. The van der Waals surface area contributed by atoms with Gasteiger partial charge >= 0.3 is 5.97 Å². The van der Waals surface area contributed by atoms with Gasteiger partial charge in [0.15, 0.2) is 0 Å². The lowest BCUT2D eigenvalue weighted by molar-refractivity contribution is -0.140. The van der Waals surface area contributed by atoms with Gasteiger partial charge in [0.05, 0.1) is 0 Å². The zero-order valence-corrected chi connectivity index (χ0v) is 15.4. The van der Waals surface area contributed by atoms with Gasteiger partial charge in [0.2, 0.25) is 5.95 Å². The molecule has 0 unspecified atom stereocenters. The number of aromatic nitrogens is 2. The monoisotopic (exact) mass is 378 g/mol. The van der Waals surface area contributed by atoms with E-state index in [1.807, 2.05) is 4.90 Å². The number of carboxylic acid groups (broad SMARTS) is 1. The zero-order valence-electron chi connectivity index (χ0n) is 15.4. The number of fused-ring (bicyclic) bond motifs is 1.